The molecular weight excluding hydrogens is 386 g/mol. The first-order chi connectivity index (χ1) is 14.8. The van der Waals surface area contributed by atoms with Gasteiger partial charge in [-0.2, -0.15) is 0 Å². The number of quaternary nitrogens is 1. The number of rotatable bonds is 20. The summed E-state index contributed by atoms with van der Waals surface area (Å²) in [6.45, 7) is 3.51. The normalized spacial score (nSPS) is 13.9. The van der Waals surface area contributed by atoms with Crippen LogP contribution in [-0.4, -0.2) is 50.9 Å². The van der Waals surface area contributed by atoms with Crippen molar-refractivity contribution >= 4 is 5.97 Å². The number of hydrogen-bond donors (Lipinski definition) is 0. The van der Waals surface area contributed by atoms with Crippen molar-refractivity contribution in [3.8, 4) is 0 Å². The van der Waals surface area contributed by atoms with Crippen molar-refractivity contribution in [3.63, 3.8) is 0 Å². The van der Waals surface area contributed by atoms with Gasteiger partial charge in [0.2, 0.25) is 0 Å². The lowest BCUT2D eigenvalue weighted by Gasteiger charge is -2.29. The van der Waals surface area contributed by atoms with E-state index in [1.165, 1.54) is 25.7 Å². The van der Waals surface area contributed by atoms with Gasteiger partial charge in [0.15, 0.2) is 0 Å². The van der Waals surface area contributed by atoms with Crippen molar-refractivity contribution in [3.05, 3.63) is 48.6 Å². The molecule has 0 rings (SSSR count). The third-order valence-corrected chi connectivity index (χ3v) is 4.72. The fourth-order valence-electron chi connectivity index (χ4n) is 3.15. The average molecular weight is 434 g/mol. The molecule has 0 amide bonds. The molecule has 0 fully saturated rings. The minimum atomic E-state index is -1.04. The van der Waals surface area contributed by atoms with E-state index < -0.39 is 5.97 Å². The monoisotopic (exact) mass is 433 g/mol. The van der Waals surface area contributed by atoms with Crippen LogP contribution in [0.25, 0.3) is 0 Å². The fraction of sp³-hybridized carbons (Fsp3) is 0.667. The molecule has 0 aliphatic carbocycles. The van der Waals surface area contributed by atoms with Crippen molar-refractivity contribution < 1.29 is 19.1 Å². The number of likely N-dealkylation sites (N-methyl/N-ethyl adjacent to an activating group) is 1. The maximum absolute atomic E-state index is 10.9. The highest BCUT2D eigenvalue weighted by Crippen LogP contribution is 2.07. The van der Waals surface area contributed by atoms with Crippen LogP contribution in [0.2, 0.25) is 0 Å². The maximum atomic E-state index is 10.9. The molecule has 0 heterocycles. The van der Waals surface area contributed by atoms with Gasteiger partial charge >= 0.3 is 0 Å². The van der Waals surface area contributed by atoms with E-state index in [9.17, 15) is 9.90 Å². The summed E-state index contributed by atoms with van der Waals surface area (Å²) in [5.74, 6) is -1.04. The van der Waals surface area contributed by atoms with Crippen molar-refractivity contribution in [2.75, 3.05) is 34.3 Å². The summed E-state index contributed by atoms with van der Waals surface area (Å²) in [6, 6.07) is 0. The molecule has 4 heteroatoms. The van der Waals surface area contributed by atoms with Gasteiger partial charge < -0.3 is 19.1 Å². The van der Waals surface area contributed by atoms with Crippen LogP contribution in [0, 0.1) is 0 Å². The minimum absolute atomic E-state index is 0.0350. The molecule has 178 valence electrons. The highest BCUT2D eigenvalue weighted by atomic mass is 16.5. The average Bonchev–Trinajstić information content (AvgIpc) is 2.68. The van der Waals surface area contributed by atoms with Gasteiger partial charge in [0.1, 0.15) is 12.6 Å². The number of carbonyl (C=O) groups excluding carboxylic acids is 1. The van der Waals surface area contributed by atoms with Gasteiger partial charge in [-0.25, -0.2) is 0 Å². The largest absolute Gasteiger partial charge is 0.550 e. The first kappa shape index (κ1) is 29.4. The smallest absolute Gasteiger partial charge is 0.112 e. The molecule has 0 aromatic heterocycles. The number of ether oxygens (including phenoxy) is 1. The quantitative estimate of drug-likeness (QED) is 0.147. The van der Waals surface area contributed by atoms with Crippen LogP contribution in [0.1, 0.15) is 77.6 Å². The molecule has 0 saturated carbocycles. The Kier molecular flexibility index (Phi) is 19.2. The lowest BCUT2D eigenvalue weighted by molar-refractivity contribution is -0.873. The lowest BCUT2D eigenvalue weighted by Crippen LogP contribution is -2.44. The Hall–Kier alpha value is -1.65. The summed E-state index contributed by atoms with van der Waals surface area (Å²) >= 11 is 0. The van der Waals surface area contributed by atoms with E-state index in [1.807, 2.05) is 21.1 Å². The van der Waals surface area contributed by atoms with Gasteiger partial charge in [0, 0.05) is 19.0 Å². The predicted octanol–water partition coefficient (Wildman–Crippen LogP) is 5.36. The van der Waals surface area contributed by atoms with E-state index in [0.717, 1.165) is 38.5 Å². The number of nitrogens with zero attached hydrogens (tertiary/aromatic N) is 1. The molecule has 0 aromatic carbocycles. The molecule has 0 saturated heterocycles. The van der Waals surface area contributed by atoms with Gasteiger partial charge in [0.25, 0.3) is 0 Å². The van der Waals surface area contributed by atoms with Crippen molar-refractivity contribution in [2.45, 2.75) is 83.7 Å². The Morgan fingerprint density at radius 3 is 1.74 bits per heavy atom. The molecular formula is C27H47NO3. The first-order valence-corrected chi connectivity index (χ1v) is 12.1. The SMILES string of the molecule is CCCCC/C=C\C/C=C\C/C=C\C/C=C\CCCCOC(CC(=O)[O-])C[N+](C)(C)C. The molecule has 0 aromatic rings. The van der Waals surface area contributed by atoms with Crippen LogP contribution in [-0.2, 0) is 9.53 Å². The van der Waals surface area contributed by atoms with Crippen LogP contribution in [0.3, 0.4) is 0 Å². The van der Waals surface area contributed by atoms with Gasteiger partial charge in [-0.3, -0.25) is 0 Å². The van der Waals surface area contributed by atoms with E-state index in [2.05, 4.69) is 55.5 Å². The Labute approximate surface area is 192 Å². The molecule has 0 spiro atoms. The van der Waals surface area contributed by atoms with E-state index in [0.29, 0.717) is 17.6 Å². The van der Waals surface area contributed by atoms with Crippen molar-refractivity contribution in [1.82, 2.24) is 0 Å². The highest BCUT2D eigenvalue weighted by Gasteiger charge is 2.18. The van der Waals surface area contributed by atoms with Crippen LogP contribution in [0.5, 0.6) is 0 Å². The molecule has 0 radical (unpaired) electrons. The zero-order valence-electron chi connectivity index (χ0n) is 20.6. The Balaban J connectivity index is 3.69. The Morgan fingerprint density at radius 1 is 0.806 bits per heavy atom. The second-order valence-corrected chi connectivity index (χ2v) is 9.13. The van der Waals surface area contributed by atoms with E-state index >= 15 is 0 Å². The summed E-state index contributed by atoms with van der Waals surface area (Å²) in [7, 11) is 6.11. The van der Waals surface area contributed by atoms with Crippen molar-refractivity contribution in [1.29, 1.82) is 0 Å². The molecule has 0 aliphatic rings. The molecule has 1 atom stereocenters. The van der Waals surface area contributed by atoms with Crippen LogP contribution in [0.15, 0.2) is 48.6 Å². The molecule has 4 nitrogen and oxygen atoms in total. The maximum Gasteiger partial charge on any atom is 0.112 e. The second kappa shape index (κ2) is 20.3. The molecule has 0 bridgehead atoms. The Bertz CT molecular complexity index is 541. The topological polar surface area (TPSA) is 49.4 Å². The summed E-state index contributed by atoms with van der Waals surface area (Å²) < 4.78 is 6.46. The van der Waals surface area contributed by atoms with Gasteiger partial charge in [-0.05, 0) is 51.4 Å². The second-order valence-electron chi connectivity index (χ2n) is 9.13. The molecule has 1 unspecified atom stereocenters. The fourth-order valence-corrected chi connectivity index (χ4v) is 3.15. The summed E-state index contributed by atoms with van der Waals surface area (Å²) in [6.07, 6.45) is 28.7. The minimum Gasteiger partial charge on any atom is -0.550 e. The summed E-state index contributed by atoms with van der Waals surface area (Å²) in [4.78, 5) is 10.9. The Morgan fingerprint density at radius 2 is 1.29 bits per heavy atom. The molecule has 0 aliphatic heterocycles. The first-order valence-electron chi connectivity index (χ1n) is 12.1. The lowest BCUT2D eigenvalue weighted by atomic mass is 10.2. The van der Waals surface area contributed by atoms with Gasteiger partial charge in [-0.15, -0.1) is 0 Å². The third kappa shape index (κ3) is 24.5. The van der Waals surface area contributed by atoms with Gasteiger partial charge in [-0.1, -0.05) is 68.4 Å². The zero-order chi connectivity index (χ0) is 23.2. The highest BCUT2D eigenvalue weighted by molar-refractivity contribution is 5.64. The van der Waals surface area contributed by atoms with Crippen LogP contribution < -0.4 is 5.11 Å². The van der Waals surface area contributed by atoms with Crippen molar-refractivity contribution in [2.24, 2.45) is 0 Å². The zero-order valence-corrected chi connectivity index (χ0v) is 20.6. The van der Waals surface area contributed by atoms with Crippen LogP contribution in [0.4, 0.5) is 0 Å². The number of allylic oxidation sites excluding steroid dienone is 8. The van der Waals surface area contributed by atoms with E-state index in [1.54, 1.807) is 0 Å². The van der Waals surface area contributed by atoms with Crippen LogP contribution >= 0.6 is 0 Å². The summed E-state index contributed by atoms with van der Waals surface area (Å²) in [5.41, 5.74) is 0. The number of hydrogen-bond acceptors (Lipinski definition) is 3. The van der Waals surface area contributed by atoms with E-state index in [4.69, 9.17) is 4.74 Å². The number of aliphatic carboxylic acids is 1. The molecule has 0 N–H and O–H groups in total. The predicted molar refractivity (Wildman–Crippen MR) is 131 cm³/mol. The number of carboxylic acid groups (broad SMARTS) is 1. The standard InChI is InChI=1S/C27H47NO3/c1-5-6-7-8-9-10-11-12-13-14-15-16-17-18-19-20-21-22-23-31-26(24-27(29)30)25-28(2,3)4/h9-10,12-13,15-16,18-19,26H,5-8,11,14,17,20-25H2,1-4H3/b10-9-,13-12-,16-15-,19-18-. The third-order valence-electron chi connectivity index (χ3n) is 4.72. The number of unbranched alkanes of at least 4 members (excludes halogenated alkanes) is 5. The number of carbonyl (C=O) groups is 1. The molecule has 31 heavy (non-hydrogen) atoms. The van der Waals surface area contributed by atoms with Gasteiger partial charge in [0.05, 0.1) is 21.1 Å². The van der Waals surface area contributed by atoms with E-state index in [-0.39, 0.29) is 12.5 Å². The number of carboxylic acids is 1. The summed E-state index contributed by atoms with van der Waals surface area (Å²) in [5, 5.41) is 10.9.